The van der Waals surface area contributed by atoms with Crippen LogP contribution in [0.5, 0.6) is 0 Å². The summed E-state index contributed by atoms with van der Waals surface area (Å²) in [4.78, 5) is 16.9. The predicted molar refractivity (Wildman–Crippen MR) is 121 cm³/mol. The zero-order valence-electron chi connectivity index (χ0n) is 19.4. The van der Waals surface area contributed by atoms with Gasteiger partial charge >= 0.3 is 12.1 Å². The number of hydrogen-bond donors (Lipinski definition) is 0. The molecule has 4 rings (SSSR count). The first-order valence-corrected chi connectivity index (χ1v) is 11.2. The molecule has 0 N–H and O–H groups in total. The number of hydrogen-bond acceptors (Lipinski definition) is 3. The van der Waals surface area contributed by atoms with E-state index in [9.17, 15) is 18.0 Å². The van der Waals surface area contributed by atoms with Gasteiger partial charge in [-0.2, -0.15) is 13.2 Å². The highest BCUT2D eigenvalue weighted by Gasteiger charge is 2.35. The number of carbonyl (C=O) groups excluding carboxylic acids is 1. The van der Waals surface area contributed by atoms with Crippen molar-refractivity contribution in [1.82, 2.24) is 9.55 Å². The Balaban J connectivity index is 1.78. The highest BCUT2D eigenvalue weighted by atomic mass is 19.4. The number of benzene rings is 2. The van der Waals surface area contributed by atoms with Crippen molar-refractivity contribution < 1.29 is 22.7 Å². The topological polar surface area (TPSA) is 44.1 Å². The Hall–Kier alpha value is -2.83. The summed E-state index contributed by atoms with van der Waals surface area (Å²) < 4.78 is 46.0. The Morgan fingerprint density at radius 3 is 2.45 bits per heavy atom. The second-order valence-corrected chi connectivity index (χ2v) is 10.0. The molecule has 0 aliphatic heterocycles. The van der Waals surface area contributed by atoms with Crippen molar-refractivity contribution in [2.75, 3.05) is 7.11 Å². The molecule has 1 aliphatic carbocycles. The minimum absolute atomic E-state index is 0.177. The highest BCUT2D eigenvalue weighted by molar-refractivity contribution is 5.93. The molecular formula is C26H29F3N2O2. The predicted octanol–water partition coefficient (Wildman–Crippen LogP) is 6.82. The van der Waals surface area contributed by atoms with Gasteiger partial charge in [0.2, 0.25) is 0 Å². The number of fused-ring (bicyclic) bond motifs is 1. The number of halogens is 3. The van der Waals surface area contributed by atoms with E-state index in [0.29, 0.717) is 23.4 Å². The van der Waals surface area contributed by atoms with Gasteiger partial charge in [-0.1, -0.05) is 32.9 Å². The van der Waals surface area contributed by atoms with Gasteiger partial charge in [-0.3, -0.25) is 0 Å². The molecule has 0 radical (unpaired) electrons. The molecular weight excluding hydrogens is 429 g/mol. The molecule has 1 saturated carbocycles. The lowest BCUT2D eigenvalue weighted by molar-refractivity contribution is -0.137. The summed E-state index contributed by atoms with van der Waals surface area (Å²) in [5.41, 5.74) is 2.32. The van der Waals surface area contributed by atoms with E-state index in [0.717, 1.165) is 48.3 Å². The molecule has 7 heteroatoms. The third-order valence-electron chi connectivity index (χ3n) is 6.56. The summed E-state index contributed by atoms with van der Waals surface area (Å²) >= 11 is 0. The molecule has 176 valence electrons. The standard InChI is InChI=1S/C26H29F3N2O2/c1-16-11-20(15-25(2,3)14-16)31-22-10-7-18(24(32)33-4)13-21(22)30-23(31)12-17-5-8-19(9-6-17)26(27,28)29/h5-10,13,16,20H,11-12,14-15H2,1-4H3/t16-,20+/m0/s1. The largest absolute Gasteiger partial charge is 0.465 e. The summed E-state index contributed by atoms with van der Waals surface area (Å²) in [6.45, 7) is 6.82. The third kappa shape index (κ3) is 4.92. The average molecular weight is 459 g/mol. The highest BCUT2D eigenvalue weighted by Crippen LogP contribution is 2.45. The summed E-state index contributed by atoms with van der Waals surface area (Å²) in [5, 5.41) is 0. The van der Waals surface area contributed by atoms with E-state index in [1.165, 1.54) is 19.2 Å². The van der Waals surface area contributed by atoms with Gasteiger partial charge in [-0.05, 0) is 66.5 Å². The number of nitrogens with zero attached hydrogens (tertiary/aromatic N) is 2. The van der Waals surface area contributed by atoms with Crippen LogP contribution in [0.25, 0.3) is 11.0 Å². The van der Waals surface area contributed by atoms with Crippen LogP contribution < -0.4 is 0 Å². The smallest absolute Gasteiger partial charge is 0.416 e. The zero-order chi connectivity index (χ0) is 24.0. The van der Waals surface area contributed by atoms with Gasteiger partial charge in [0.15, 0.2) is 0 Å². The Labute approximate surface area is 191 Å². The normalized spacial score (nSPS) is 20.7. The lowest BCUT2D eigenvalue weighted by Gasteiger charge is -2.40. The molecule has 0 amide bonds. The number of esters is 1. The van der Waals surface area contributed by atoms with Gasteiger partial charge in [0, 0.05) is 12.5 Å². The summed E-state index contributed by atoms with van der Waals surface area (Å²) in [5.74, 6) is 0.911. The maximum Gasteiger partial charge on any atom is 0.416 e. The summed E-state index contributed by atoms with van der Waals surface area (Å²) in [6, 6.07) is 10.8. The molecule has 2 atom stereocenters. The SMILES string of the molecule is COC(=O)c1ccc2c(c1)nc(Cc1ccc(C(F)(F)F)cc1)n2[C@@H]1C[C@H](C)CC(C)(C)C1. The maximum atomic E-state index is 13.0. The molecule has 2 aromatic carbocycles. The van der Waals surface area contributed by atoms with Crippen LogP contribution in [0.3, 0.4) is 0 Å². The van der Waals surface area contributed by atoms with E-state index in [1.807, 2.05) is 6.07 Å². The number of methoxy groups -OCH3 is 1. The van der Waals surface area contributed by atoms with E-state index in [-0.39, 0.29) is 11.5 Å². The molecule has 0 bridgehead atoms. The Morgan fingerprint density at radius 2 is 1.85 bits per heavy atom. The van der Waals surface area contributed by atoms with E-state index in [2.05, 4.69) is 25.3 Å². The van der Waals surface area contributed by atoms with Crippen LogP contribution >= 0.6 is 0 Å². The van der Waals surface area contributed by atoms with Gasteiger partial charge < -0.3 is 9.30 Å². The lowest BCUT2D eigenvalue weighted by Crippen LogP contribution is -2.30. The van der Waals surface area contributed by atoms with Crippen molar-refractivity contribution in [3.63, 3.8) is 0 Å². The molecule has 1 aromatic heterocycles. The molecule has 0 unspecified atom stereocenters. The van der Waals surface area contributed by atoms with Crippen molar-refractivity contribution >= 4 is 17.0 Å². The lowest BCUT2D eigenvalue weighted by atomic mass is 9.70. The van der Waals surface area contributed by atoms with Gasteiger partial charge in [-0.25, -0.2) is 9.78 Å². The maximum absolute atomic E-state index is 13.0. The van der Waals surface area contributed by atoms with Crippen LogP contribution in [0, 0.1) is 11.3 Å². The van der Waals surface area contributed by atoms with E-state index in [1.54, 1.807) is 12.1 Å². The average Bonchev–Trinajstić information content (AvgIpc) is 3.08. The fourth-order valence-electron chi connectivity index (χ4n) is 5.41. The van der Waals surface area contributed by atoms with Crippen molar-refractivity contribution in [2.24, 2.45) is 11.3 Å². The number of ether oxygens (including phenoxy) is 1. The van der Waals surface area contributed by atoms with Gasteiger partial charge in [0.25, 0.3) is 0 Å². The first-order valence-electron chi connectivity index (χ1n) is 11.2. The molecule has 0 spiro atoms. The minimum atomic E-state index is -4.36. The summed E-state index contributed by atoms with van der Waals surface area (Å²) in [7, 11) is 1.34. The monoisotopic (exact) mass is 458 g/mol. The number of alkyl halides is 3. The van der Waals surface area contributed by atoms with E-state index in [4.69, 9.17) is 9.72 Å². The first kappa shape index (κ1) is 23.3. The van der Waals surface area contributed by atoms with Crippen molar-refractivity contribution in [1.29, 1.82) is 0 Å². The van der Waals surface area contributed by atoms with Gasteiger partial charge in [-0.15, -0.1) is 0 Å². The van der Waals surface area contributed by atoms with E-state index < -0.39 is 17.7 Å². The van der Waals surface area contributed by atoms with Crippen LogP contribution in [-0.2, 0) is 17.3 Å². The van der Waals surface area contributed by atoms with Gasteiger partial charge in [0.05, 0.1) is 29.3 Å². The first-order chi connectivity index (χ1) is 15.5. The molecule has 3 aromatic rings. The quantitative estimate of drug-likeness (QED) is 0.403. The van der Waals surface area contributed by atoms with Crippen molar-refractivity contribution in [3.8, 4) is 0 Å². The number of rotatable bonds is 4. The Morgan fingerprint density at radius 1 is 1.15 bits per heavy atom. The molecule has 0 saturated heterocycles. The zero-order valence-corrected chi connectivity index (χ0v) is 19.4. The fraction of sp³-hybridized carbons (Fsp3) is 0.462. The molecule has 33 heavy (non-hydrogen) atoms. The van der Waals surface area contributed by atoms with Crippen molar-refractivity contribution in [2.45, 2.75) is 58.7 Å². The van der Waals surface area contributed by atoms with Gasteiger partial charge in [0.1, 0.15) is 5.82 Å². The second-order valence-electron chi connectivity index (χ2n) is 10.0. The fourth-order valence-corrected chi connectivity index (χ4v) is 5.41. The van der Waals surface area contributed by atoms with E-state index >= 15 is 0 Å². The number of imidazole rings is 1. The summed E-state index contributed by atoms with van der Waals surface area (Å²) in [6.07, 6.45) is -0.808. The van der Waals surface area contributed by atoms with Crippen LogP contribution in [0.1, 0.15) is 73.4 Å². The minimum Gasteiger partial charge on any atom is -0.465 e. The van der Waals surface area contributed by atoms with Crippen molar-refractivity contribution in [3.05, 3.63) is 65.0 Å². The van der Waals surface area contributed by atoms with Crippen LogP contribution in [-0.4, -0.2) is 22.6 Å². The number of aromatic nitrogens is 2. The van der Waals surface area contributed by atoms with Crippen LogP contribution in [0.15, 0.2) is 42.5 Å². The molecule has 1 aliphatic rings. The Kier molecular flexibility index (Phi) is 6.01. The molecule has 1 fully saturated rings. The molecule has 4 nitrogen and oxygen atoms in total. The molecule has 1 heterocycles. The Bertz CT molecular complexity index is 1160. The second kappa shape index (κ2) is 8.50. The van der Waals surface area contributed by atoms with Crippen LogP contribution in [0.2, 0.25) is 0 Å². The van der Waals surface area contributed by atoms with Crippen LogP contribution in [0.4, 0.5) is 13.2 Å². The number of carbonyl (C=O) groups is 1. The third-order valence-corrected chi connectivity index (χ3v) is 6.56.